The van der Waals surface area contributed by atoms with Crippen molar-refractivity contribution in [3.8, 4) is 5.75 Å². The van der Waals surface area contributed by atoms with Gasteiger partial charge in [0.05, 0.1) is 6.54 Å². The van der Waals surface area contributed by atoms with Gasteiger partial charge in [0, 0.05) is 25.0 Å². The molecule has 0 spiro atoms. The SMILES string of the molecule is CN(Cc1cccc(C(C)(C)C)c1O)n1ccnc1.[Cl][Zr][Cl]. The van der Waals surface area contributed by atoms with E-state index in [0.717, 1.165) is 11.1 Å². The molecular formula is C15H21Cl2N3OZr. The van der Waals surface area contributed by atoms with Crippen molar-refractivity contribution in [1.29, 1.82) is 0 Å². The third-order valence-corrected chi connectivity index (χ3v) is 3.21. The second-order valence-corrected chi connectivity index (χ2v) is 9.62. The second-order valence-electron chi connectivity index (χ2n) is 5.89. The Bertz CT molecular complexity index is 571. The molecule has 1 heterocycles. The van der Waals surface area contributed by atoms with Gasteiger partial charge in [-0.3, -0.25) is 4.68 Å². The van der Waals surface area contributed by atoms with Crippen molar-refractivity contribution in [3.05, 3.63) is 48.0 Å². The van der Waals surface area contributed by atoms with E-state index in [9.17, 15) is 5.11 Å². The predicted molar refractivity (Wildman–Crippen MR) is 88.6 cm³/mol. The van der Waals surface area contributed by atoms with Crippen LogP contribution in [0.3, 0.4) is 0 Å². The number of phenolic OH excluding ortho intramolecular Hbond substituents is 1. The molecule has 2 aromatic rings. The summed E-state index contributed by atoms with van der Waals surface area (Å²) in [5, 5.41) is 12.4. The molecule has 4 nitrogen and oxygen atoms in total. The zero-order valence-electron chi connectivity index (χ0n) is 13.2. The molecule has 0 saturated heterocycles. The van der Waals surface area contributed by atoms with Gasteiger partial charge in [-0.2, -0.15) is 0 Å². The zero-order chi connectivity index (χ0) is 16.8. The van der Waals surface area contributed by atoms with E-state index in [4.69, 9.17) is 17.0 Å². The van der Waals surface area contributed by atoms with E-state index in [1.807, 2.05) is 41.1 Å². The number of nitrogens with zero attached hydrogens (tertiary/aromatic N) is 3. The van der Waals surface area contributed by atoms with Gasteiger partial charge < -0.3 is 10.1 Å². The van der Waals surface area contributed by atoms with E-state index in [2.05, 4.69) is 25.8 Å². The maximum absolute atomic E-state index is 10.4. The van der Waals surface area contributed by atoms with Crippen LogP contribution in [0.5, 0.6) is 5.75 Å². The van der Waals surface area contributed by atoms with Crippen molar-refractivity contribution in [2.24, 2.45) is 0 Å². The summed E-state index contributed by atoms with van der Waals surface area (Å²) >= 11 is -0.826. The van der Waals surface area contributed by atoms with Crippen LogP contribution in [0.4, 0.5) is 0 Å². The number of phenols is 1. The van der Waals surface area contributed by atoms with Crippen LogP contribution in [0.15, 0.2) is 36.9 Å². The van der Waals surface area contributed by atoms with Crippen molar-refractivity contribution in [3.63, 3.8) is 0 Å². The molecule has 0 aliphatic heterocycles. The molecule has 0 fully saturated rings. The minimum absolute atomic E-state index is 0.0618. The average Bonchev–Trinajstić information content (AvgIpc) is 2.94. The van der Waals surface area contributed by atoms with Crippen LogP contribution in [-0.2, 0) is 32.8 Å². The molecule has 1 aromatic carbocycles. The van der Waals surface area contributed by atoms with E-state index in [1.165, 1.54) is 0 Å². The molecule has 0 aliphatic carbocycles. The van der Waals surface area contributed by atoms with E-state index >= 15 is 0 Å². The normalized spacial score (nSPS) is 10.6. The van der Waals surface area contributed by atoms with Crippen LogP contribution in [0.25, 0.3) is 0 Å². The van der Waals surface area contributed by atoms with Crippen LogP contribution < -0.4 is 5.01 Å². The molecular weight excluding hydrogens is 400 g/mol. The van der Waals surface area contributed by atoms with Gasteiger partial charge in [0.1, 0.15) is 12.1 Å². The Kier molecular flexibility index (Phi) is 7.95. The molecule has 0 radical (unpaired) electrons. The van der Waals surface area contributed by atoms with Crippen LogP contribution >= 0.6 is 17.0 Å². The van der Waals surface area contributed by atoms with Gasteiger partial charge in [-0.25, -0.2) is 4.98 Å². The molecule has 0 bridgehead atoms. The summed E-state index contributed by atoms with van der Waals surface area (Å²) in [6.07, 6.45) is 5.36. The van der Waals surface area contributed by atoms with Gasteiger partial charge >= 0.3 is 37.9 Å². The van der Waals surface area contributed by atoms with Gasteiger partial charge in [-0.05, 0) is 11.0 Å². The summed E-state index contributed by atoms with van der Waals surface area (Å²) in [6, 6.07) is 5.94. The second kappa shape index (κ2) is 8.95. The van der Waals surface area contributed by atoms with Crippen LogP contribution in [0.2, 0.25) is 0 Å². The summed E-state index contributed by atoms with van der Waals surface area (Å²) in [5.74, 6) is 0.391. The third kappa shape index (κ3) is 5.60. The standard InChI is InChI=1S/C15H21N3O.2ClH.Zr/c1-15(2,3)13-7-5-6-12(14(13)19)10-17(4)18-9-8-16-11-18;;;/h5-9,11,19H,10H2,1-4H3;2*1H;/q;;;+2/p-2. The quantitative estimate of drug-likeness (QED) is 0.814. The molecule has 120 valence electrons. The van der Waals surface area contributed by atoms with Gasteiger partial charge in [-0.15, -0.1) is 0 Å². The molecule has 7 heteroatoms. The van der Waals surface area contributed by atoms with Gasteiger partial charge in [0.2, 0.25) is 0 Å². The van der Waals surface area contributed by atoms with E-state index in [0.29, 0.717) is 12.3 Å². The Balaban J connectivity index is 0.000000745. The van der Waals surface area contributed by atoms with E-state index in [1.54, 1.807) is 12.5 Å². The Labute approximate surface area is 150 Å². The number of aromatic hydroxyl groups is 1. The number of benzene rings is 1. The fourth-order valence-corrected chi connectivity index (χ4v) is 2.11. The molecule has 1 N–H and O–H groups in total. The van der Waals surface area contributed by atoms with Crippen molar-refractivity contribution >= 4 is 17.0 Å². The van der Waals surface area contributed by atoms with Crippen LogP contribution in [-0.4, -0.2) is 21.8 Å². The Hall–Kier alpha value is -0.507. The number of halogens is 2. The van der Waals surface area contributed by atoms with Gasteiger partial charge in [0.25, 0.3) is 0 Å². The Morgan fingerprint density at radius 1 is 1.32 bits per heavy atom. The number of aromatic nitrogens is 2. The van der Waals surface area contributed by atoms with Gasteiger partial charge in [-0.1, -0.05) is 39.0 Å². The molecule has 0 unspecified atom stereocenters. The number of imidazole rings is 1. The van der Waals surface area contributed by atoms with Crippen molar-refractivity contribution in [2.75, 3.05) is 12.1 Å². The number of para-hydroxylation sites is 1. The molecule has 2 rings (SSSR count). The van der Waals surface area contributed by atoms with E-state index < -0.39 is 20.8 Å². The monoisotopic (exact) mass is 419 g/mol. The van der Waals surface area contributed by atoms with Crippen LogP contribution in [0, 0.1) is 0 Å². The van der Waals surface area contributed by atoms with Crippen LogP contribution in [0.1, 0.15) is 31.9 Å². The zero-order valence-corrected chi connectivity index (χ0v) is 17.2. The molecule has 0 saturated carbocycles. The Morgan fingerprint density at radius 2 is 1.95 bits per heavy atom. The number of rotatable bonds is 3. The minimum atomic E-state index is -0.826. The first-order valence-electron chi connectivity index (χ1n) is 6.78. The predicted octanol–water partition coefficient (Wildman–Crippen LogP) is 4.03. The molecule has 1 aromatic heterocycles. The van der Waals surface area contributed by atoms with Crippen molar-refractivity contribution in [2.45, 2.75) is 32.7 Å². The molecule has 0 atom stereocenters. The summed E-state index contributed by atoms with van der Waals surface area (Å²) in [4.78, 5) is 4.02. The number of hydrogen-bond donors (Lipinski definition) is 1. The molecule has 22 heavy (non-hydrogen) atoms. The fourth-order valence-electron chi connectivity index (χ4n) is 2.11. The van der Waals surface area contributed by atoms with Crippen molar-refractivity contribution < 1.29 is 26.0 Å². The first-order valence-corrected chi connectivity index (χ1v) is 13.1. The first kappa shape index (κ1) is 19.5. The summed E-state index contributed by atoms with van der Waals surface area (Å²) in [5.41, 5.74) is 1.83. The fraction of sp³-hybridized carbons (Fsp3) is 0.400. The first-order chi connectivity index (χ1) is 10.3. The average molecular weight is 421 g/mol. The van der Waals surface area contributed by atoms with E-state index in [-0.39, 0.29) is 5.41 Å². The summed E-state index contributed by atoms with van der Waals surface area (Å²) < 4.78 is 1.89. The molecule has 0 aliphatic rings. The topological polar surface area (TPSA) is 41.3 Å². The summed E-state index contributed by atoms with van der Waals surface area (Å²) in [6.45, 7) is 6.94. The summed E-state index contributed by atoms with van der Waals surface area (Å²) in [7, 11) is 11.8. The van der Waals surface area contributed by atoms with Crippen molar-refractivity contribution in [1.82, 2.24) is 9.66 Å². The maximum atomic E-state index is 10.4. The van der Waals surface area contributed by atoms with Gasteiger partial charge in [0.15, 0.2) is 0 Å². The third-order valence-electron chi connectivity index (χ3n) is 3.21. The Morgan fingerprint density at radius 3 is 2.45 bits per heavy atom. The molecule has 0 amide bonds. The number of hydrogen-bond acceptors (Lipinski definition) is 3.